The lowest BCUT2D eigenvalue weighted by molar-refractivity contribution is -0.141. The van der Waals surface area contributed by atoms with E-state index in [9.17, 15) is 14.7 Å². The number of rotatable bonds is 6. The molecule has 1 rings (SSSR count). The number of carbonyl (C=O) groups is 2. The summed E-state index contributed by atoms with van der Waals surface area (Å²) in [5, 5.41) is 23.4. The van der Waals surface area contributed by atoms with E-state index in [-0.39, 0.29) is 6.54 Å². The highest BCUT2D eigenvalue weighted by Crippen LogP contribution is 2.15. The largest absolute Gasteiger partial charge is 0.481 e. The zero-order chi connectivity index (χ0) is 15.2. The average molecular weight is 345 g/mol. The summed E-state index contributed by atoms with van der Waals surface area (Å²) in [6.07, 6.45) is -0.433. The first-order valence-corrected chi connectivity index (χ1v) is 6.79. The van der Waals surface area contributed by atoms with Crippen LogP contribution in [0.2, 0.25) is 0 Å². The number of hydrogen-bond donors (Lipinski definition) is 4. The lowest BCUT2D eigenvalue weighted by Crippen LogP contribution is -2.45. The van der Waals surface area contributed by atoms with Crippen LogP contribution in [0.5, 0.6) is 0 Å². The monoisotopic (exact) mass is 344 g/mol. The van der Waals surface area contributed by atoms with Crippen LogP contribution in [-0.2, 0) is 11.3 Å². The van der Waals surface area contributed by atoms with Gasteiger partial charge in [-0.25, -0.2) is 4.79 Å². The van der Waals surface area contributed by atoms with Crippen molar-refractivity contribution in [1.29, 1.82) is 0 Å². The van der Waals surface area contributed by atoms with E-state index < -0.39 is 24.0 Å². The minimum Gasteiger partial charge on any atom is -0.481 e. The van der Waals surface area contributed by atoms with E-state index in [2.05, 4.69) is 26.6 Å². The maximum absolute atomic E-state index is 11.6. The summed E-state index contributed by atoms with van der Waals surface area (Å²) in [5.74, 6) is -1.12. The van der Waals surface area contributed by atoms with Gasteiger partial charge in [0.15, 0.2) is 0 Å². The van der Waals surface area contributed by atoms with Crippen molar-refractivity contribution in [3.63, 3.8) is 0 Å². The van der Waals surface area contributed by atoms with Gasteiger partial charge in [0.25, 0.3) is 0 Å². The molecule has 7 heteroatoms. The molecule has 1 aromatic rings. The van der Waals surface area contributed by atoms with Gasteiger partial charge in [0.2, 0.25) is 0 Å². The van der Waals surface area contributed by atoms with Crippen molar-refractivity contribution in [1.82, 2.24) is 10.6 Å². The van der Waals surface area contributed by atoms with Gasteiger partial charge in [0, 0.05) is 17.6 Å². The van der Waals surface area contributed by atoms with Crippen LogP contribution in [-0.4, -0.2) is 34.4 Å². The van der Waals surface area contributed by atoms with E-state index in [4.69, 9.17) is 5.11 Å². The number of aliphatic hydroxyl groups is 1. The number of aliphatic carboxylic acids is 1. The van der Waals surface area contributed by atoms with Crippen molar-refractivity contribution in [2.75, 3.05) is 6.54 Å². The fourth-order valence-corrected chi connectivity index (χ4v) is 1.96. The fourth-order valence-electron chi connectivity index (χ4n) is 1.54. The number of carboxylic acid groups (broad SMARTS) is 1. The maximum atomic E-state index is 11.6. The number of halogens is 1. The molecule has 20 heavy (non-hydrogen) atoms. The predicted molar refractivity (Wildman–Crippen MR) is 77.3 cm³/mol. The molecule has 0 aliphatic carbocycles. The van der Waals surface area contributed by atoms with Gasteiger partial charge in [-0.3, -0.25) is 4.79 Å². The molecule has 0 aromatic heterocycles. The summed E-state index contributed by atoms with van der Waals surface area (Å²) in [6, 6.07) is 7.00. The second kappa shape index (κ2) is 7.25. The van der Waals surface area contributed by atoms with Crippen molar-refractivity contribution in [2.45, 2.75) is 25.5 Å². The Morgan fingerprint density at radius 2 is 1.95 bits per heavy atom. The number of nitrogens with one attached hydrogen (secondary N) is 2. The van der Waals surface area contributed by atoms with Crippen molar-refractivity contribution >= 4 is 27.9 Å². The fraction of sp³-hybridized carbons (Fsp3) is 0.385. The first-order valence-electron chi connectivity index (χ1n) is 5.99. The first kappa shape index (κ1) is 16.5. The molecule has 0 aliphatic rings. The Morgan fingerprint density at radius 1 is 1.30 bits per heavy atom. The SMILES string of the molecule is CC(O)(CNC(=O)NCc1ccccc1Br)CC(=O)O. The van der Waals surface area contributed by atoms with Crippen LogP contribution < -0.4 is 10.6 Å². The third-order valence-electron chi connectivity index (χ3n) is 2.56. The molecule has 0 saturated carbocycles. The second-order valence-electron chi connectivity index (χ2n) is 4.70. The molecular formula is C13H17BrN2O4. The molecule has 0 fully saturated rings. The Morgan fingerprint density at radius 3 is 2.55 bits per heavy atom. The molecule has 4 N–H and O–H groups in total. The first-order chi connectivity index (χ1) is 9.30. The Hall–Kier alpha value is -1.60. The number of hydrogen-bond acceptors (Lipinski definition) is 3. The molecule has 0 aliphatic heterocycles. The zero-order valence-electron chi connectivity index (χ0n) is 11.0. The minimum absolute atomic E-state index is 0.138. The molecule has 1 unspecified atom stereocenters. The lowest BCUT2D eigenvalue weighted by Gasteiger charge is -2.21. The molecule has 0 bridgehead atoms. The van der Waals surface area contributed by atoms with Crippen molar-refractivity contribution in [3.8, 4) is 0 Å². The van der Waals surface area contributed by atoms with Crippen molar-refractivity contribution < 1.29 is 19.8 Å². The molecule has 0 spiro atoms. The van der Waals surface area contributed by atoms with Crippen molar-refractivity contribution in [3.05, 3.63) is 34.3 Å². The van der Waals surface area contributed by atoms with Crippen LogP contribution in [0.1, 0.15) is 18.9 Å². The topological polar surface area (TPSA) is 98.7 Å². The summed E-state index contributed by atoms with van der Waals surface area (Å²) in [5.41, 5.74) is -0.559. The number of urea groups is 1. The van der Waals surface area contributed by atoms with Gasteiger partial charge in [-0.1, -0.05) is 34.1 Å². The Labute approximate surface area is 125 Å². The van der Waals surface area contributed by atoms with E-state index in [1.165, 1.54) is 6.92 Å². The Balaban J connectivity index is 2.38. The summed E-state index contributed by atoms with van der Waals surface area (Å²) in [6.45, 7) is 1.55. The number of carboxylic acids is 1. The highest BCUT2D eigenvalue weighted by Gasteiger charge is 2.24. The molecule has 0 radical (unpaired) electrons. The van der Waals surface area contributed by atoms with Gasteiger partial charge in [-0.05, 0) is 18.6 Å². The van der Waals surface area contributed by atoms with Crippen LogP contribution in [0.15, 0.2) is 28.7 Å². The van der Waals surface area contributed by atoms with Gasteiger partial charge in [-0.2, -0.15) is 0 Å². The van der Waals surface area contributed by atoms with E-state index >= 15 is 0 Å². The third kappa shape index (κ3) is 6.03. The molecule has 1 atom stereocenters. The lowest BCUT2D eigenvalue weighted by atomic mass is 10.0. The molecular weight excluding hydrogens is 328 g/mol. The van der Waals surface area contributed by atoms with E-state index in [0.29, 0.717) is 6.54 Å². The molecule has 1 aromatic carbocycles. The highest BCUT2D eigenvalue weighted by molar-refractivity contribution is 9.10. The number of benzene rings is 1. The maximum Gasteiger partial charge on any atom is 0.315 e. The van der Waals surface area contributed by atoms with Crippen LogP contribution in [0.4, 0.5) is 4.79 Å². The van der Waals surface area contributed by atoms with Crippen molar-refractivity contribution in [2.24, 2.45) is 0 Å². The minimum atomic E-state index is -1.48. The molecule has 0 saturated heterocycles. The molecule has 6 nitrogen and oxygen atoms in total. The van der Waals surface area contributed by atoms with Gasteiger partial charge in [0.05, 0.1) is 12.0 Å². The normalized spacial score (nSPS) is 13.3. The molecule has 110 valence electrons. The Bertz CT molecular complexity index is 491. The summed E-state index contributed by atoms with van der Waals surface area (Å²) in [7, 11) is 0. The Kier molecular flexibility index (Phi) is 5.97. The zero-order valence-corrected chi connectivity index (χ0v) is 12.6. The third-order valence-corrected chi connectivity index (χ3v) is 3.33. The van der Waals surface area contributed by atoms with E-state index in [1.807, 2.05) is 24.3 Å². The quantitative estimate of drug-likeness (QED) is 0.628. The van der Waals surface area contributed by atoms with E-state index in [0.717, 1.165) is 10.0 Å². The predicted octanol–water partition coefficient (Wildman–Crippen LogP) is 1.47. The average Bonchev–Trinajstić information content (AvgIpc) is 2.34. The second-order valence-corrected chi connectivity index (χ2v) is 5.55. The van der Waals surface area contributed by atoms with Gasteiger partial charge in [0.1, 0.15) is 0 Å². The van der Waals surface area contributed by atoms with Gasteiger partial charge < -0.3 is 20.8 Å². The standard InChI is InChI=1S/C13H17BrN2O4/c1-13(20,6-11(17)18)8-16-12(19)15-7-9-4-2-3-5-10(9)14/h2-5,20H,6-8H2,1H3,(H,17,18)(H2,15,16,19). The molecule has 0 heterocycles. The van der Waals surface area contributed by atoms with Crippen LogP contribution in [0.25, 0.3) is 0 Å². The summed E-state index contributed by atoms with van der Waals surface area (Å²) < 4.78 is 0.887. The number of amides is 2. The summed E-state index contributed by atoms with van der Waals surface area (Å²) in [4.78, 5) is 22.1. The molecule has 2 amide bonds. The van der Waals surface area contributed by atoms with E-state index in [1.54, 1.807) is 0 Å². The van der Waals surface area contributed by atoms with Crippen LogP contribution in [0.3, 0.4) is 0 Å². The summed E-state index contributed by atoms with van der Waals surface area (Å²) >= 11 is 3.37. The van der Waals surface area contributed by atoms with Crippen LogP contribution >= 0.6 is 15.9 Å². The van der Waals surface area contributed by atoms with Gasteiger partial charge >= 0.3 is 12.0 Å². The smallest absolute Gasteiger partial charge is 0.315 e. The highest BCUT2D eigenvalue weighted by atomic mass is 79.9. The van der Waals surface area contributed by atoms with Crippen LogP contribution in [0, 0.1) is 0 Å². The van der Waals surface area contributed by atoms with Gasteiger partial charge in [-0.15, -0.1) is 0 Å². The number of carbonyl (C=O) groups excluding carboxylic acids is 1.